The molecule has 0 saturated heterocycles. The highest BCUT2D eigenvalue weighted by Crippen LogP contribution is 2.30. The van der Waals surface area contributed by atoms with Crippen LogP contribution in [0, 0.1) is 5.41 Å². The van der Waals surface area contributed by atoms with Crippen LogP contribution in [0.25, 0.3) is 0 Å². The molecule has 0 saturated carbocycles. The van der Waals surface area contributed by atoms with Crippen LogP contribution in [-0.4, -0.2) is 65.8 Å². The number of Topliss-reactive ketones (excluding diaryl/α,β-unsaturated/α-hetero) is 1. The lowest BCUT2D eigenvalue weighted by Crippen LogP contribution is -2.30. The van der Waals surface area contributed by atoms with E-state index in [2.05, 4.69) is 0 Å². The molecule has 1 aliphatic heterocycles. The van der Waals surface area contributed by atoms with Gasteiger partial charge in [0.25, 0.3) is 5.91 Å². The molecular formula is C23H23N3O8. The van der Waals surface area contributed by atoms with Crippen LogP contribution in [-0.2, 0) is 20.9 Å². The maximum atomic E-state index is 12.9. The van der Waals surface area contributed by atoms with Crippen molar-refractivity contribution in [3.8, 4) is 11.5 Å². The molecule has 0 radical (unpaired) electrons. The fourth-order valence-electron chi connectivity index (χ4n) is 3.33. The molecule has 11 nitrogen and oxygen atoms in total. The summed E-state index contributed by atoms with van der Waals surface area (Å²) in [5.41, 5.74) is 7.27. The Bertz CT molecular complexity index is 1160. The highest BCUT2D eigenvalue weighted by atomic mass is 16.6. The van der Waals surface area contributed by atoms with Gasteiger partial charge in [0.05, 0.1) is 13.2 Å². The Morgan fingerprint density at radius 1 is 1.06 bits per heavy atom. The first-order chi connectivity index (χ1) is 16.2. The standard InChI is InChI=1S/C23H23N3O8/c1-2-32-21(30)12-34-19-8-13(4-6-18(19)33-11-20(28)29)17(27)10-26-9-15-7-14(22(24)25)3-5-16(15)23(26)31/h3-8H,2,9-12H2,1H3,(H3,24,25)(H,28,29). The van der Waals surface area contributed by atoms with Crippen LogP contribution in [0.5, 0.6) is 11.5 Å². The van der Waals surface area contributed by atoms with Crippen LogP contribution in [0.3, 0.4) is 0 Å². The van der Waals surface area contributed by atoms with E-state index in [0.717, 1.165) is 0 Å². The van der Waals surface area contributed by atoms with Crippen LogP contribution in [0.15, 0.2) is 36.4 Å². The fourth-order valence-corrected chi connectivity index (χ4v) is 3.33. The van der Waals surface area contributed by atoms with Gasteiger partial charge in [0.15, 0.2) is 30.5 Å². The highest BCUT2D eigenvalue weighted by Gasteiger charge is 2.29. The van der Waals surface area contributed by atoms with E-state index in [4.69, 9.17) is 30.5 Å². The molecule has 4 N–H and O–H groups in total. The van der Waals surface area contributed by atoms with Gasteiger partial charge in [-0.2, -0.15) is 0 Å². The second-order valence-corrected chi connectivity index (χ2v) is 7.31. The van der Waals surface area contributed by atoms with Gasteiger partial charge >= 0.3 is 11.9 Å². The van der Waals surface area contributed by atoms with Crippen molar-refractivity contribution in [3.63, 3.8) is 0 Å². The number of hydrogen-bond donors (Lipinski definition) is 3. The summed E-state index contributed by atoms with van der Waals surface area (Å²) in [5, 5.41) is 16.4. The number of nitrogen functional groups attached to an aromatic ring is 1. The van der Waals surface area contributed by atoms with Gasteiger partial charge in [0.1, 0.15) is 5.84 Å². The van der Waals surface area contributed by atoms with Crippen molar-refractivity contribution in [1.82, 2.24) is 4.90 Å². The van der Waals surface area contributed by atoms with Crippen molar-refractivity contribution in [3.05, 3.63) is 58.7 Å². The Kier molecular flexibility index (Phi) is 7.46. The molecule has 0 atom stereocenters. The van der Waals surface area contributed by atoms with E-state index in [9.17, 15) is 19.2 Å². The van der Waals surface area contributed by atoms with Crippen molar-refractivity contribution in [2.24, 2.45) is 5.73 Å². The van der Waals surface area contributed by atoms with E-state index in [1.165, 1.54) is 23.1 Å². The number of nitrogens with one attached hydrogen (secondary N) is 1. The second kappa shape index (κ2) is 10.5. The minimum Gasteiger partial charge on any atom is -0.479 e. The Labute approximate surface area is 194 Å². The number of carboxylic acid groups (broad SMARTS) is 1. The summed E-state index contributed by atoms with van der Waals surface area (Å²) < 4.78 is 15.4. The molecule has 3 rings (SSSR count). The number of amidine groups is 1. The maximum absolute atomic E-state index is 12.9. The van der Waals surface area contributed by atoms with E-state index < -0.39 is 30.9 Å². The number of nitrogens with zero attached hydrogens (tertiary/aromatic N) is 1. The molecule has 0 bridgehead atoms. The molecule has 2 aromatic carbocycles. The lowest BCUT2D eigenvalue weighted by Gasteiger charge is -2.16. The zero-order chi connectivity index (χ0) is 24.8. The number of aliphatic carboxylic acids is 1. The van der Waals surface area contributed by atoms with Crippen molar-refractivity contribution in [1.29, 1.82) is 5.41 Å². The Morgan fingerprint density at radius 3 is 2.44 bits per heavy atom. The van der Waals surface area contributed by atoms with E-state index in [1.54, 1.807) is 25.1 Å². The minimum absolute atomic E-state index is 0.0118. The third kappa shape index (κ3) is 5.68. The first-order valence-corrected chi connectivity index (χ1v) is 10.3. The van der Waals surface area contributed by atoms with Gasteiger partial charge in [-0.25, -0.2) is 9.59 Å². The summed E-state index contributed by atoms with van der Waals surface area (Å²) in [6, 6.07) is 8.90. The highest BCUT2D eigenvalue weighted by molar-refractivity contribution is 6.05. The average Bonchev–Trinajstić information content (AvgIpc) is 3.11. The molecule has 0 unspecified atom stereocenters. The number of benzene rings is 2. The van der Waals surface area contributed by atoms with E-state index >= 15 is 0 Å². The second-order valence-electron chi connectivity index (χ2n) is 7.31. The van der Waals surface area contributed by atoms with Gasteiger partial charge in [-0.1, -0.05) is 6.07 Å². The number of carboxylic acids is 1. The topological polar surface area (TPSA) is 169 Å². The summed E-state index contributed by atoms with van der Waals surface area (Å²) in [5.74, 6) is -2.68. The van der Waals surface area contributed by atoms with Crippen LogP contribution < -0.4 is 15.2 Å². The van der Waals surface area contributed by atoms with Gasteiger partial charge in [0, 0.05) is 23.2 Å². The van der Waals surface area contributed by atoms with Gasteiger partial charge in [-0.3, -0.25) is 15.0 Å². The third-order valence-electron chi connectivity index (χ3n) is 4.90. The Morgan fingerprint density at radius 2 is 1.76 bits per heavy atom. The SMILES string of the molecule is CCOC(=O)COc1cc(C(=O)CN2Cc3cc(C(=N)N)ccc3C2=O)ccc1OCC(=O)O. The predicted molar refractivity (Wildman–Crippen MR) is 118 cm³/mol. The fraction of sp³-hybridized carbons (Fsp3) is 0.261. The Balaban J connectivity index is 1.76. The van der Waals surface area contributed by atoms with Crippen molar-refractivity contribution < 1.29 is 38.5 Å². The van der Waals surface area contributed by atoms with Crippen molar-refractivity contribution >= 4 is 29.5 Å². The summed E-state index contributed by atoms with van der Waals surface area (Å²) in [4.78, 5) is 49.4. The molecule has 178 valence electrons. The molecular weight excluding hydrogens is 446 g/mol. The first kappa shape index (κ1) is 24.2. The molecule has 0 fully saturated rings. The number of amides is 1. The Hall–Kier alpha value is -4.41. The summed E-state index contributed by atoms with van der Waals surface area (Å²) in [6.45, 7) is 0.641. The summed E-state index contributed by atoms with van der Waals surface area (Å²) >= 11 is 0. The van der Waals surface area contributed by atoms with Crippen LogP contribution >= 0.6 is 0 Å². The molecule has 1 aliphatic rings. The van der Waals surface area contributed by atoms with Gasteiger partial charge in [-0.05, 0) is 42.8 Å². The molecule has 34 heavy (non-hydrogen) atoms. The number of fused-ring (bicyclic) bond motifs is 1. The van der Waals surface area contributed by atoms with Gasteiger partial charge in [0.2, 0.25) is 0 Å². The molecule has 0 aromatic heterocycles. The van der Waals surface area contributed by atoms with Crippen molar-refractivity contribution in [2.45, 2.75) is 13.5 Å². The van der Waals surface area contributed by atoms with E-state index in [1.807, 2.05) is 0 Å². The number of hydrogen-bond acceptors (Lipinski definition) is 8. The van der Waals surface area contributed by atoms with E-state index in [-0.39, 0.29) is 48.5 Å². The third-order valence-corrected chi connectivity index (χ3v) is 4.90. The molecule has 11 heteroatoms. The van der Waals surface area contributed by atoms with Crippen LogP contribution in [0.1, 0.15) is 38.8 Å². The number of carbonyl (C=O) groups excluding carboxylic acids is 3. The van der Waals surface area contributed by atoms with Gasteiger partial charge in [-0.15, -0.1) is 0 Å². The number of esters is 1. The normalized spacial score (nSPS) is 12.1. The largest absolute Gasteiger partial charge is 0.479 e. The average molecular weight is 469 g/mol. The number of nitrogens with two attached hydrogens (primary N) is 1. The first-order valence-electron chi connectivity index (χ1n) is 10.3. The number of rotatable bonds is 11. The maximum Gasteiger partial charge on any atom is 0.344 e. The van der Waals surface area contributed by atoms with Gasteiger partial charge < -0.3 is 30.0 Å². The number of carbonyl (C=O) groups is 4. The molecule has 0 aliphatic carbocycles. The number of ether oxygens (including phenoxy) is 3. The molecule has 1 amide bonds. The number of ketones is 1. The van der Waals surface area contributed by atoms with Crippen molar-refractivity contribution in [2.75, 3.05) is 26.4 Å². The van der Waals surface area contributed by atoms with Crippen LogP contribution in [0.4, 0.5) is 0 Å². The zero-order valence-electron chi connectivity index (χ0n) is 18.3. The summed E-state index contributed by atoms with van der Waals surface area (Å²) in [6.07, 6.45) is 0. The molecule has 1 heterocycles. The summed E-state index contributed by atoms with van der Waals surface area (Å²) in [7, 11) is 0. The van der Waals surface area contributed by atoms with E-state index in [0.29, 0.717) is 16.7 Å². The lowest BCUT2D eigenvalue weighted by atomic mass is 10.1. The lowest BCUT2D eigenvalue weighted by molar-refractivity contribution is -0.145. The molecule has 0 spiro atoms. The van der Waals surface area contributed by atoms with Crippen LogP contribution in [0.2, 0.25) is 0 Å². The zero-order valence-corrected chi connectivity index (χ0v) is 18.3. The smallest absolute Gasteiger partial charge is 0.344 e. The predicted octanol–water partition coefficient (Wildman–Crippen LogP) is 1.21. The monoisotopic (exact) mass is 469 g/mol. The quantitative estimate of drug-likeness (QED) is 0.189. The minimum atomic E-state index is -1.21. The molecule has 2 aromatic rings.